The second kappa shape index (κ2) is 6.41. The molecule has 1 aliphatic heterocycles. The van der Waals surface area contributed by atoms with Gasteiger partial charge in [0, 0.05) is 47.9 Å². The molecule has 0 spiro atoms. The lowest BCUT2D eigenvalue weighted by atomic mass is 10.1. The van der Waals surface area contributed by atoms with Gasteiger partial charge in [-0.2, -0.15) is 5.10 Å². The number of hydrogen-bond acceptors (Lipinski definition) is 5. The molecule has 0 bridgehead atoms. The first-order chi connectivity index (χ1) is 11.6. The van der Waals surface area contributed by atoms with Crippen molar-refractivity contribution in [1.29, 1.82) is 0 Å². The standard InChI is InChI=1S/C15H16I2N6O/c1-9-8-24-6-5-22(9)12-7-10(11-3-4-18-21(11)2)13-14(16)19-15(17)23(13)20-12/h3-4,7,9H,5-6,8H2,1-2H3/t9-/m1/s1. The van der Waals surface area contributed by atoms with Crippen LogP contribution in [0.4, 0.5) is 5.82 Å². The Labute approximate surface area is 166 Å². The molecule has 0 unspecified atom stereocenters. The summed E-state index contributed by atoms with van der Waals surface area (Å²) in [5.74, 6) is 0.946. The Hall–Kier alpha value is -0.950. The molecule has 1 aliphatic rings. The number of hydrogen-bond donors (Lipinski definition) is 0. The minimum absolute atomic E-state index is 0.295. The number of nitrogens with zero attached hydrogens (tertiary/aromatic N) is 6. The molecule has 0 N–H and O–H groups in total. The van der Waals surface area contributed by atoms with E-state index >= 15 is 0 Å². The van der Waals surface area contributed by atoms with Crippen molar-refractivity contribution in [1.82, 2.24) is 24.4 Å². The Morgan fingerprint density at radius 1 is 1.33 bits per heavy atom. The molecule has 0 radical (unpaired) electrons. The van der Waals surface area contributed by atoms with Gasteiger partial charge >= 0.3 is 0 Å². The van der Waals surface area contributed by atoms with Crippen molar-refractivity contribution in [3.63, 3.8) is 0 Å². The Morgan fingerprint density at radius 3 is 2.88 bits per heavy atom. The van der Waals surface area contributed by atoms with Crippen LogP contribution in [0, 0.1) is 7.53 Å². The average molecular weight is 550 g/mol. The maximum Gasteiger partial charge on any atom is 0.193 e. The number of anilines is 1. The molecule has 7 nitrogen and oxygen atoms in total. The number of aryl methyl sites for hydroxylation is 1. The quantitative estimate of drug-likeness (QED) is 0.460. The van der Waals surface area contributed by atoms with Gasteiger partial charge in [-0.25, -0.2) is 9.50 Å². The van der Waals surface area contributed by atoms with Gasteiger partial charge in [0.2, 0.25) is 0 Å². The summed E-state index contributed by atoms with van der Waals surface area (Å²) in [5.41, 5.74) is 3.17. The second-order valence-electron chi connectivity index (χ2n) is 5.81. The van der Waals surface area contributed by atoms with Crippen LogP contribution >= 0.6 is 45.2 Å². The van der Waals surface area contributed by atoms with Crippen molar-refractivity contribution in [2.75, 3.05) is 24.7 Å². The van der Waals surface area contributed by atoms with Gasteiger partial charge in [0.1, 0.15) is 9.22 Å². The predicted octanol–water partition coefficient (Wildman–Crippen LogP) is 2.56. The van der Waals surface area contributed by atoms with Crippen LogP contribution in [0.3, 0.4) is 0 Å². The first kappa shape index (κ1) is 16.5. The summed E-state index contributed by atoms with van der Waals surface area (Å²) in [6, 6.07) is 4.47. The SMILES string of the molecule is C[C@@H]1COCCN1c1cc(-c2ccnn2C)c2c(I)nc(I)n2n1. The molecular weight excluding hydrogens is 534 g/mol. The predicted molar refractivity (Wildman–Crippen MR) is 108 cm³/mol. The van der Waals surface area contributed by atoms with E-state index in [4.69, 9.17) is 9.84 Å². The lowest BCUT2D eigenvalue weighted by molar-refractivity contribution is 0.0984. The Kier molecular flexibility index (Phi) is 4.41. The van der Waals surface area contributed by atoms with Crippen LogP contribution in [0.25, 0.3) is 16.8 Å². The van der Waals surface area contributed by atoms with Crippen molar-refractivity contribution < 1.29 is 4.74 Å². The average Bonchev–Trinajstić information content (AvgIpc) is 3.11. The highest BCUT2D eigenvalue weighted by Gasteiger charge is 2.24. The maximum atomic E-state index is 5.56. The number of ether oxygens (including phenoxy) is 1. The van der Waals surface area contributed by atoms with Gasteiger partial charge in [-0.3, -0.25) is 4.68 Å². The van der Waals surface area contributed by atoms with E-state index in [2.05, 4.69) is 73.2 Å². The van der Waals surface area contributed by atoms with E-state index in [1.165, 1.54) is 0 Å². The van der Waals surface area contributed by atoms with Crippen LogP contribution in [0.5, 0.6) is 0 Å². The molecule has 1 saturated heterocycles. The zero-order valence-electron chi connectivity index (χ0n) is 13.3. The maximum absolute atomic E-state index is 5.56. The number of aromatic nitrogens is 5. The summed E-state index contributed by atoms with van der Waals surface area (Å²) in [6.07, 6.45) is 1.82. The fraction of sp³-hybridized carbons (Fsp3) is 0.400. The molecule has 24 heavy (non-hydrogen) atoms. The van der Waals surface area contributed by atoms with E-state index in [1.54, 1.807) is 0 Å². The van der Waals surface area contributed by atoms with Crippen molar-refractivity contribution in [3.05, 3.63) is 25.9 Å². The van der Waals surface area contributed by atoms with Gasteiger partial charge in [0.25, 0.3) is 0 Å². The smallest absolute Gasteiger partial charge is 0.193 e. The fourth-order valence-corrected chi connectivity index (χ4v) is 4.85. The summed E-state index contributed by atoms with van der Waals surface area (Å²) in [5, 5.41) is 9.17. The number of morpholine rings is 1. The van der Waals surface area contributed by atoms with E-state index in [0.717, 1.165) is 49.9 Å². The molecule has 1 atom stereocenters. The molecule has 1 fully saturated rings. The largest absolute Gasteiger partial charge is 0.377 e. The summed E-state index contributed by atoms with van der Waals surface area (Å²) >= 11 is 4.51. The van der Waals surface area contributed by atoms with Gasteiger partial charge in [0.15, 0.2) is 9.65 Å². The zero-order valence-corrected chi connectivity index (χ0v) is 17.6. The number of rotatable bonds is 2. The van der Waals surface area contributed by atoms with Gasteiger partial charge < -0.3 is 9.64 Å². The molecular formula is C15H16I2N6O. The van der Waals surface area contributed by atoms with Gasteiger partial charge in [0.05, 0.1) is 24.9 Å². The first-order valence-corrected chi connectivity index (χ1v) is 9.79. The van der Waals surface area contributed by atoms with Crippen LogP contribution < -0.4 is 4.90 Å². The third-order valence-corrected chi connectivity index (χ3v) is 5.71. The lowest BCUT2D eigenvalue weighted by Gasteiger charge is -2.34. The minimum atomic E-state index is 0.295. The molecule has 126 valence electrons. The topological polar surface area (TPSA) is 60.5 Å². The third kappa shape index (κ3) is 2.69. The van der Waals surface area contributed by atoms with E-state index in [1.807, 2.05) is 28.5 Å². The van der Waals surface area contributed by atoms with E-state index in [-0.39, 0.29) is 0 Å². The Balaban J connectivity index is 1.97. The highest BCUT2D eigenvalue weighted by molar-refractivity contribution is 14.1. The summed E-state index contributed by atoms with van der Waals surface area (Å²) < 4.78 is 11.2. The fourth-order valence-electron chi connectivity index (χ4n) is 3.05. The number of halogens is 2. The van der Waals surface area contributed by atoms with Crippen LogP contribution in [0.1, 0.15) is 6.92 Å². The summed E-state index contributed by atoms with van der Waals surface area (Å²) in [6.45, 7) is 4.45. The van der Waals surface area contributed by atoms with Gasteiger partial charge in [-0.05, 0) is 41.6 Å². The summed E-state index contributed by atoms with van der Waals surface area (Å²) in [7, 11) is 1.96. The highest BCUT2D eigenvalue weighted by Crippen LogP contribution is 2.32. The molecule has 3 aromatic rings. The van der Waals surface area contributed by atoms with Crippen LogP contribution in [0.2, 0.25) is 0 Å². The van der Waals surface area contributed by atoms with Crippen LogP contribution in [0.15, 0.2) is 18.3 Å². The third-order valence-electron chi connectivity index (χ3n) is 4.26. The highest BCUT2D eigenvalue weighted by atomic mass is 127. The molecule has 9 heteroatoms. The van der Waals surface area contributed by atoms with Crippen molar-refractivity contribution >= 4 is 56.5 Å². The Morgan fingerprint density at radius 2 is 2.17 bits per heavy atom. The molecule has 4 heterocycles. The molecule has 0 saturated carbocycles. The van der Waals surface area contributed by atoms with E-state index in [9.17, 15) is 0 Å². The Bertz CT molecular complexity index is 905. The molecule has 0 aromatic carbocycles. The van der Waals surface area contributed by atoms with Crippen LogP contribution in [-0.4, -0.2) is 50.2 Å². The molecule has 0 aliphatic carbocycles. The van der Waals surface area contributed by atoms with E-state index in [0.29, 0.717) is 6.04 Å². The summed E-state index contributed by atoms with van der Waals surface area (Å²) in [4.78, 5) is 6.89. The number of imidazole rings is 1. The second-order valence-corrected chi connectivity index (χ2v) is 7.79. The molecule has 0 amide bonds. The van der Waals surface area contributed by atoms with E-state index < -0.39 is 0 Å². The van der Waals surface area contributed by atoms with Crippen molar-refractivity contribution in [2.24, 2.45) is 7.05 Å². The van der Waals surface area contributed by atoms with Crippen LogP contribution in [-0.2, 0) is 11.8 Å². The minimum Gasteiger partial charge on any atom is -0.377 e. The van der Waals surface area contributed by atoms with Gasteiger partial charge in [-0.1, -0.05) is 0 Å². The normalized spacial score (nSPS) is 18.5. The van der Waals surface area contributed by atoms with Crippen molar-refractivity contribution in [2.45, 2.75) is 13.0 Å². The lowest BCUT2D eigenvalue weighted by Crippen LogP contribution is -2.44. The zero-order chi connectivity index (χ0) is 16.8. The monoisotopic (exact) mass is 550 g/mol. The molecule has 3 aromatic heterocycles. The van der Waals surface area contributed by atoms with Crippen molar-refractivity contribution in [3.8, 4) is 11.3 Å². The molecule has 4 rings (SSSR count). The first-order valence-electron chi connectivity index (χ1n) is 7.64. The number of fused-ring (bicyclic) bond motifs is 1. The van der Waals surface area contributed by atoms with Gasteiger partial charge in [-0.15, -0.1) is 5.10 Å².